The van der Waals surface area contributed by atoms with Crippen LogP contribution < -0.4 is 5.32 Å². The van der Waals surface area contributed by atoms with Crippen molar-refractivity contribution in [3.8, 4) is 11.4 Å². The van der Waals surface area contributed by atoms with E-state index in [0.29, 0.717) is 48.1 Å². The number of carbonyl (C=O) groups is 1. The van der Waals surface area contributed by atoms with E-state index in [1.54, 1.807) is 36.4 Å². The molecule has 0 aliphatic heterocycles. The number of hydrogen-bond acceptors (Lipinski definition) is 6. The molecule has 1 aliphatic rings. The van der Waals surface area contributed by atoms with E-state index in [4.69, 9.17) is 16.1 Å². The third-order valence-corrected chi connectivity index (χ3v) is 8.06. The van der Waals surface area contributed by atoms with Crippen LogP contribution in [0.4, 0.5) is 5.69 Å². The zero-order valence-electron chi connectivity index (χ0n) is 17.5. The highest BCUT2D eigenvalue weighted by molar-refractivity contribution is 7.92. The highest BCUT2D eigenvalue weighted by Crippen LogP contribution is 2.30. The summed E-state index contributed by atoms with van der Waals surface area (Å²) in [6, 6.07) is 13.6. The van der Waals surface area contributed by atoms with Crippen molar-refractivity contribution in [2.45, 2.75) is 55.1 Å². The summed E-state index contributed by atoms with van der Waals surface area (Å²) < 4.78 is 30.8. The van der Waals surface area contributed by atoms with E-state index in [2.05, 4.69) is 15.5 Å². The zero-order valence-corrected chi connectivity index (χ0v) is 19.0. The first-order valence-corrected chi connectivity index (χ1v) is 12.6. The fraction of sp³-hybridized carbons (Fsp3) is 0.348. The van der Waals surface area contributed by atoms with E-state index in [-0.39, 0.29) is 22.5 Å². The number of aromatic nitrogens is 2. The predicted octanol–water partition coefficient (Wildman–Crippen LogP) is 5.07. The van der Waals surface area contributed by atoms with Gasteiger partial charge in [-0.2, -0.15) is 4.98 Å². The van der Waals surface area contributed by atoms with Crippen molar-refractivity contribution in [3.63, 3.8) is 0 Å². The van der Waals surface area contributed by atoms with E-state index in [1.165, 1.54) is 0 Å². The Bertz CT molecular complexity index is 1190. The monoisotopic (exact) mass is 473 g/mol. The molecule has 0 saturated heterocycles. The molecule has 2 aromatic carbocycles. The standard InChI is InChI=1S/C23H24ClN3O4S/c24-17-13-11-16(12-14-17)23-26-22(31-27-23)10-4-9-21(28)25-18-5-3-8-20(15-18)32(29,30)19-6-1-2-7-19/h3,5,8,11-15,19H,1-2,4,6-7,9-10H2,(H,25,28). The Morgan fingerprint density at radius 3 is 2.62 bits per heavy atom. The van der Waals surface area contributed by atoms with E-state index >= 15 is 0 Å². The predicted molar refractivity (Wildman–Crippen MR) is 122 cm³/mol. The molecule has 1 amide bonds. The maximum atomic E-state index is 12.8. The first-order chi connectivity index (χ1) is 15.4. The van der Waals surface area contributed by atoms with E-state index in [0.717, 1.165) is 18.4 Å². The Morgan fingerprint density at radius 1 is 1.12 bits per heavy atom. The van der Waals surface area contributed by atoms with Crippen LogP contribution in [-0.4, -0.2) is 29.7 Å². The smallest absolute Gasteiger partial charge is 0.226 e. The van der Waals surface area contributed by atoms with Crippen LogP contribution in [0.3, 0.4) is 0 Å². The molecular weight excluding hydrogens is 450 g/mol. The topological polar surface area (TPSA) is 102 Å². The maximum Gasteiger partial charge on any atom is 0.226 e. The zero-order chi connectivity index (χ0) is 22.6. The molecule has 0 atom stereocenters. The van der Waals surface area contributed by atoms with Gasteiger partial charge in [-0.3, -0.25) is 4.79 Å². The van der Waals surface area contributed by atoms with Crippen molar-refractivity contribution in [3.05, 3.63) is 59.4 Å². The molecule has 0 unspecified atom stereocenters. The number of hydrogen-bond donors (Lipinski definition) is 1. The average Bonchev–Trinajstić information content (AvgIpc) is 3.47. The first-order valence-electron chi connectivity index (χ1n) is 10.6. The second kappa shape index (κ2) is 9.83. The van der Waals surface area contributed by atoms with Gasteiger partial charge in [0.2, 0.25) is 17.6 Å². The Kier molecular flexibility index (Phi) is 6.91. The molecule has 0 spiro atoms. The number of anilines is 1. The van der Waals surface area contributed by atoms with Crippen molar-refractivity contribution >= 4 is 33.0 Å². The van der Waals surface area contributed by atoms with Gasteiger partial charge in [0, 0.05) is 29.1 Å². The van der Waals surface area contributed by atoms with Gasteiger partial charge < -0.3 is 9.84 Å². The highest BCUT2D eigenvalue weighted by atomic mass is 35.5. The summed E-state index contributed by atoms with van der Waals surface area (Å²) in [4.78, 5) is 17.0. The number of benzene rings is 2. The molecule has 1 N–H and O–H groups in total. The minimum Gasteiger partial charge on any atom is -0.339 e. The second-order valence-corrected chi connectivity index (χ2v) is 10.6. The molecule has 1 aromatic heterocycles. The third kappa shape index (κ3) is 5.37. The Balaban J connectivity index is 1.30. The number of carbonyl (C=O) groups excluding carboxylic acids is 1. The fourth-order valence-corrected chi connectivity index (χ4v) is 5.86. The van der Waals surface area contributed by atoms with Gasteiger partial charge in [0.1, 0.15) is 0 Å². The Morgan fingerprint density at radius 2 is 1.88 bits per heavy atom. The average molecular weight is 474 g/mol. The van der Waals surface area contributed by atoms with E-state index in [1.807, 2.05) is 12.1 Å². The molecule has 1 aliphatic carbocycles. The van der Waals surface area contributed by atoms with Crippen LogP contribution in [0.15, 0.2) is 57.9 Å². The maximum absolute atomic E-state index is 12.8. The Labute approximate surface area is 192 Å². The van der Waals surface area contributed by atoms with Crippen LogP contribution >= 0.6 is 11.6 Å². The molecule has 1 fully saturated rings. The minimum atomic E-state index is -3.36. The molecule has 3 aromatic rings. The minimum absolute atomic E-state index is 0.196. The summed E-state index contributed by atoms with van der Waals surface area (Å²) in [5.74, 6) is 0.728. The Hall–Kier alpha value is -2.71. The van der Waals surface area contributed by atoms with Crippen molar-refractivity contribution in [1.82, 2.24) is 10.1 Å². The summed E-state index contributed by atoms with van der Waals surface area (Å²) in [6.45, 7) is 0. The van der Waals surface area contributed by atoms with Crippen LogP contribution in [0, 0.1) is 0 Å². The van der Waals surface area contributed by atoms with Crippen molar-refractivity contribution < 1.29 is 17.7 Å². The summed E-state index contributed by atoms with van der Waals surface area (Å²) in [5, 5.41) is 7.06. The lowest BCUT2D eigenvalue weighted by molar-refractivity contribution is -0.116. The van der Waals surface area contributed by atoms with Gasteiger partial charge >= 0.3 is 0 Å². The van der Waals surface area contributed by atoms with Crippen LogP contribution in [0.5, 0.6) is 0 Å². The van der Waals surface area contributed by atoms with Crippen molar-refractivity contribution in [2.75, 3.05) is 5.32 Å². The van der Waals surface area contributed by atoms with Crippen LogP contribution in [0.1, 0.15) is 44.4 Å². The summed E-state index contributed by atoms with van der Waals surface area (Å²) in [7, 11) is -3.36. The van der Waals surface area contributed by atoms with Gasteiger partial charge in [-0.25, -0.2) is 8.42 Å². The fourth-order valence-electron chi connectivity index (χ4n) is 3.84. The van der Waals surface area contributed by atoms with Gasteiger partial charge in [-0.1, -0.05) is 35.7 Å². The molecule has 7 nitrogen and oxygen atoms in total. The molecule has 1 saturated carbocycles. The number of nitrogens with one attached hydrogen (secondary N) is 1. The molecule has 4 rings (SSSR count). The molecule has 168 valence electrons. The summed E-state index contributed by atoms with van der Waals surface area (Å²) >= 11 is 5.89. The van der Waals surface area contributed by atoms with Gasteiger partial charge in [0.05, 0.1) is 10.1 Å². The SMILES string of the molecule is O=C(CCCc1nc(-c2ccc(Cl)cc2)no1)Nc1cccc(S(=O)(=O)C2CCCC2)c1. The summed E-state index contributed by atoms with van der Waals surface area (Å²) in [6.07, 6.45) is 4.53. The lowest BCUT2D eigenvalue weighted by Gasteiger charge is -2.12. The molecular formula is C23H24ClN3O4S. The van der Waals surface area contributed by atoms with E-state index in [9.17, 15) is 13.2 Å². The van der Waals surface area contributed by atoms with Crippen molar-refractivity contribution in [2.24, 2.45) is 0 Å². The summed E-state index contributed by atoms with van der Waals surface area (Å²) in [5.41, 5.74) is 1.28. The lowest BCUT2D eigenvalue weighted by atomic mass is 10.2. The van der Waals surface area contributed by atoms with Crippen LogP contribution in [-0.2, 0) is 21.1 Å². The molecule has 1 heterocycles. The molecule has 9 heteroatoms. The first kappa shape index (κ1) is 22.5. The number of nitrogens with zero attached hydrogens (tertiary/aromatic N) is 2. The van der Waals surface area contributed by atoms with E-state index < -0.39 is 9.84 Å². The number of aryl methyl sites for hydroxylation is 1. The molecule has 32 heavy (non-hydrogen) atoms. The van der Waals surface area contributed by atoms with Gasteiger partial charge in [0.25, 0.3) is 0 Å². The quantitative estimate of drug-likeness (QED) is 0.490. The number of amides is 1. The largest absolute Gasteiger partial charge is 0.339 e. The number of rotatable bonds is 8. The number of sulfone groups is 1. The van der Waals surface area contributed by atoms with Gasteiger partial charge in [-0.05, 0) is 61.7 Å². The lowest BCUT2D eigenvalue weighted by Crippen LogP contribution is -2.18. The normalized spacial score (nSPS) is 14.5. The van der Waals surface area contributed by atoms with Gasteiger partial charge in [-0.15, -0.1) is 0 Å². The second-order valence-electron chi connectivity index (χ2n) is 7.90. The van der Waals surface area contributed by atoms with Crippen LogP contribution in [0.2, 0.25) is 5.02 Å². The van der Waals surface area contributed by atoms with Gasteiger partial charge in [0.15, 0.2) is 9.84 Å². The van der Waals surface area contributed by atoms with Crippen LogP contribution in [0.25, 0.3) is 11.4 Å². The molecule has 0 bridgehead atoms. The highest BCUT2D eigenvalue weighted by Gasteiger charge is 2.30. The molecule has 0 radical (unpaired) electrons. The third-order valence-electron chi connectivity index (χ3n) is 5.55. The van der Waals surface area contributed by atoms with Crippen molar-refractivity contribution in [1.29, 1.82) is 0 Å². The number of halogens is 1.